The number of alkyl halides is 2. The van der Waals surface area contributed by atoms with Gasteiger partial charge in [-0.1, -0.05) is 0 Å². The van der Waals surface area contributed by atoms with Crippen LogP contribution in [-0.2, 0) is 16.0 Å². The van der Waals surface area contributed by atoms with Crippen molar-refractivity contribution in [3.05, 3.63) is 39.7 Å². The van der Waals surface area contributed by atoms with Crippen LogP contribution in [0, 0.1) is 12.3 Å². The minimum atomic E-state index is -3.06. The molecule has 1 aromatic heterocycles. The minimum Gasteiger partial charge on any atom is -0.479 e. The van der Waals surface area contributed by atoms with Crippen LogP contribution in [0.5, 0.6) is 5.75 Å². The Labute approximate surface area is 157 Å². The molecule has 0 aliphatic carbocycles. The van der Waals surface area contributed by atoms with E-state index >= 15 is 0 Å². The van der Waals surface area contributed by atoms with Gasteiger partial charge in [0.15, 0.2) is 11.7 Å². The number of hydrogen-bond acceptors (Lipinski definition) is 6. The Balaban J connectivity index is 2.04. The molecule has 1 saturated heterocycles. The number of fused-ring (bicyclic) bond motifs is 1. The molecule has 0 bridgehead atoms. The minimum absolute atomic E-state index is 0.0448. The summed E-state index contributed by atoms with van der Waals surface area (Å²) in [7, 11) is 0. The lowest BCUT2D eigenvalue weighted by atomic mass is 10.0. The Kier molecular flexibility index (Phi) is 5.63. The monoisotopic (exact) mass is 394 g/mol. The zero-order chi connectivity index (χ0) is 20.4. The molecule has 9 heteroatoms. The van der Waals surface area contributed by atoms with Gasteiger partial charge in [-0.2, -0.15) is 0 Å². The molecule has 28 heavy (non-hydrogen) atoms. The van der Waals surface area contributed by atoms with Crippen LogP contribution >= 0.6 is 0 Å². The normalized spacial score (nSPS) is 22.2. The van der Waals surface area contributed by atoms with Gasteiger partial charge in [-0.05, 0) is 17.7 Å². The van der Waals surface area contributed by atoms with E-state index in [4.69, 9.17) is 25.4 Å². The van der Waals surface area contributed by atoms with Crippen molar-refractivity contribution < 1.29 is 37.7 Å². The molecule has 3 rings (SSSR count). The average Bonchev–Trinajstić information content (AvgIpc) is 2.60. The topological polar surface area (TPSA) is 106 Å². The van der Waals surface area contributed by atoms with Gasteiger partial charge < -0.3 is 24.1 Å². The van der Waals surface area contributed by atoms with Gasteiger partial charge in [-0.3, -0.25) is 0 Å². The lowest BCUT2D eigenvalue weighted by Crippen LogP contribution is -2.42. The number of aliphatic hydroxyl groups is 1. The summed E-state index contributed by atoms with van der Waals surface area (Å²) in [5.41, 5.74) is -1.52. The van der Waals surface area contributed by atoms with Crippen molar-refractivity contribution >= 4 is 16.9 Å². The Bertz CT molecular complexity index is 992. The lowest BCUT2D eigenvalue weighted by Gasteiger charge is -2.31. The smallest absolute Gasteiger partial charge is 0.336 e. The molecular weight excluding hydrogens is 378 g/mol. The zero-order valence-electron chi connectivity index (χ0n) is 14.4. The van der Waals surface area contributed by atoms with Crippen molar-refractivity contribution in [3.63, 3.8) is 0 Å². The number of hydrogen-bond donors (Lipinski definition) is 2. The molecule has 148 valence electrons. The van der Waals surface area contributed by atoms with Gasteiger partial charge >= 0.3 is 11.6 Å². The van der Waals surface area contributed by atoms with Crippen molar-refractivity contribution in [1.82, 2.24) is 0 Å². The standard InChI is InChI=1S/C19H16F2O7/c1-2-3-9-6-14(23)28-17-11(9)4-5-12(16(17)18(20)21)26-15-8-10(22)7-13(27-15)19(24)25/h1,4-6,10,13,15,18,22H,3,7-8H2,(H,24,25). The summed E-state index contributed by atoms with van der Waals surface area (Å²) in [4.78, 5) is 22.9. The Hall–Kier alpha value is -2.96. The molecule has 0 spiro atoms. The number of rotatable bonds is 5. The van der Waals surface area contributed by atoms with Gasteiger partial charge in [0.05, 0.1) is 6.10 Å². The zero-order valence-corrected chi connectivity index (χ0v) is 14.4. The number of benzene rings is 1. The van der Waals surface area contributed by atoms with Crippen LogP contribution < -0.4 is 10.4 Å². The molecule has 0 saturated carbocycles. The molecular formula is C19H16F2O7. The van der Waals surface area contributed by atoms with Gasteiger partial charge in [-0.15, -0.1) is 12.3 Å². The molecule has 1 aliphatic rings. The maximum absolute atomic E-state index is 13.8. The highest BCUT2D eigenvalue weighted by atomic mass is 19.3. The molecule has 1 aromatic carbocycles. The Morgan fingerprint density at radius 2 is 2.14 bits per heavy atom. The van der Waals surface area contributed by atoms with Crippen LogP contribution in [0.4, 0.5) is 8.78 Å². The summed E-state index contributed by atoms with van der Waals surface area (Å²) in [5, 5.41) is 19.1. The van der Waals surface area contributed by atoms with E-state index in [9.17, 15) is 23.5 Å². The summed E-state index contributed by atoms with van der Waals surface area (Å²) in [5.74, 6) is 0.708. The van der Waals surface area contributed by atoms with E-state index in [1.807, 2.05) is 0 Å². The highest BCUT2D eigenvalue weighted by molar-refractivity contribution is 5.85. The third-order valence-corrected chi connectivity index (χ3v) is 4.31. The fourth-order valence-corrected chi connectivity index (χ4v) is 3.10. The number of carbonyl (C=O) groups is 1. The predicted octanol–water partition coefficient (Wildman–Crippen LogP) is 2.24. The summed E-state index contributed by atoms with van der Waals surface area (Å²) in [6, 6.07) is 3.79. The first-order valence-electron chi connectivity index (χ1n) is 8.34. The average molecular weight is 394 g/mol. The van der Waals surface area contributed by atoms with Crippen LogP contribution in [0.2, 0.25) is 0 Å². The summed E-state index contributed by atoms with van der Waals surface area (Å²) in [6.07, 6.45) is -1.63. The van der Waals surface area contributed by atoms with E-state index in [1.54, 1.807) is 0 Å². The number of aliphatic carboxylic acids is 1. The molecule has 1 aliphatic heterocycles. The number of halogens is 2. The first kappa shape index (κ1) is 19.8. The van der Waals surface area contributed by atoms with Crippen LogP contribution in [0.1, 0.15) is 30.4 Å². The molecule has 7 nitrogen and oxygen atoms in total. The lowest BCUT2D eigenvalue weighted by molar-refractivity contribution is -0.195. The Morgan fingerprint density at radius 3 is 2.79 bits per heavy atom. The quantitative estimate of drug-likeness (QED) is 0.592. The molecule has 2 aromatic rings. The second-order valence-electron chi connectivity index (χ2n) is 6.26. The van der Waals surface area contributed by atoms with Crippen molar-refractivity contribution in [1.29, 1.82) is 0 Å². The highest BCUT2D eigenvalue weighted by Crippen LogP contribution is 2.38. The Morgan fingerprint density at radius 1 is 1.39 bits per heavy atom. The first-order chi connectivity index (χ1) is 13.3. The number of terminal acetylenes is 1. The SMILES string of the molecule is C#CCc1cc(=O)oc2c(C(F)F)c(OC3CC(O)CC(C(=O)O)O3)ccc12. The summed E-state index contributed by atoms with van der Waals surface area (Å²) < 4.78 is 43.2. The molecule has 3 unspecified atom stereocenters. The van der Waals surface area contributed by atoms with Crippen LogP contribution in [0.25, 0.3) is 11.0 Å². The molecule has 2 N–H and O–H groups in total. The van der Waals surface area contributed by atoms with Gasteiger partial charge in [0.1, 0.15) is 11.3 Å². The fraction of sp³-hybridized carbons (Fsp3) is 0.368. The van der Waals surface area contributed by atoms with Crippen molar-refractivity contribution in [3.8, 4) is 18.1 Å². The molecule has 0 radical (unpaired) electrons. The van der Waals surface area contributed by atoms with E-state index < -0.39 is 42.1 Å². The van der Waals surface area contributed by atoms with Crippen molar-refractivity contribution in [2.75, 3.05) is 0 Å². The molecule has 3 atom stereocenters. The molecule has 0 amide bonds. The highest BCUT2D eigenvalue weighted by Gasteiger charge is 2.35. The fourth-order valence-electron chi connectivity index (χ4n) is 3.10. The number of carboxylic acid groups (broad SMARTS) is 1. The summed E-state index contributed by atoms with van der Waals surface area (Å²) in [6.45, 7) is 0. The maximum Gasteiger partial charge on any atom is 0.336 e. The van der Waals surface area contributed by atoms with Gasteiger partial charge in [0.2, 0.25) is 6.29 Å². The second kappa shape index (κ2) is 7.96. The third-order valence-electron chi connectivity index (χ3n) is 4.31. The molecule has 1 fully saturated rings. The van der Waals surface area contributed by atoms with Gasteiger partial charge in [0.25, 0.3) is 6.43 Å². The second-order valence-corrected chi connectivity index (χ2v) is 6.26. The van der Waals surface area contributed by atoms with Crippen LogP contribution in [0.3, 0.4) is 0 Å². The number of aliphatic hydroxyl groups excluding tert-OH is 1. The third kappa shape index (κ3) is 3.98. The van der Waals surface area contributed by atoms with Crippen molar-refractivity contribution in [2.24, 2.45) is 0 Å². The van der Waals surface area contributed by atoms with E-state index in [0.29, 0.717) is 5.56 Å². The maximum atomic E-state index is 13.8. The van der Waals surface area contributed by atoms with E-state index in [-0.39, 0.29) is 36.0 Å². The molecule has 2 heterocycles. The van der Waals surface area contributed by atoms with Crippen molar-refractivity contribution in [2.45, 2.75) is 44.2 Å². The van der Waals surface area contributed by atoms with E-state index in [2.05, 4.69) is 5.92 Å². The van der Waals surface area contributed by atoms with E-state index in [1.165, 1.54) is 12.1 Å². The van der Waals surface area contributed by atoms with Gasteiger partial charge in [0, 0.05) is 30.7 Å². The van der Waals surface area contributed by atoms with Crippen LogP contribution in [-0.4, -0.2) is 34.7 Å². The first-order valence-corrected chi connectivity index (χ1v) is 8.34. The van der Waals surface area contributed by atoms with Gasteiger partial charge in [-0.25, -0.2) is 18.4 Å². The van der Waals surface area contributed by atoms with Crippen LogP contribution in [0.15, 0.2) is 27.4 Å². The van der Waals surface area contributed by atoms with E-state index in [0.717, 1.165) is 6.07 Å². The number of ether oxygens (including phenoxy) is 2. The largest absolute Gasteiger partial charge is 0.479 e. The predicted molar refractivity (Wildman–Crippen MR) is 92.1 cm³/mol. The number of carboxylic acids is 1. The summed E-state index contributed by atoms with van der Waals surface area (Å²) >= 11 is 0.